The molecule has 0 saturated heterocycles. The van der Waals surface area contributed by atoms with Crippen LogP contribution in [-0.2, 0) is 4.74 Å². The molecule has 0 aliphatic carbocycles. The number of rotatable bonds is 7. The summed E-state index contributed by atoms with van der Waals surface area (Å²) >= 11 is 0. The molecule has 2 aromatic carbocycles. The van der Waals surface area contributed by atoms with Gasteiger partial charge in [0, 0.05) is 17.3 Å². The van der Waals surface area contributed by atoms with E-state index in [1.807, 2.05) is 0 Å². The summed E-state index contributed by atoms with van der Waals surface area (Å²) in [7, 11) is 0. The Labute approximate surface area is 149 Å². The number of hydrogen-bond donors (Lipinski definition) is 1. The summed E-state index contributed by atoms with van der Waals surface area (Å²) in [5.74, 6) is -0.948. The quantitative estimate of drug-likeness (QED) is 0.461. The smallest absolute Gasteiger partial charge is 0.338 e. The zero-order chi connectivity index (χ0) is 19.1. The highest BCUT2D eigenvalue weighted by Crippen LogP contribution is 2.28. The van der Waals surface area contributed by atoms with Gasteiger partial charge in [0.05, 0.1) is 23.7 Å². The van der Waals surface area contributed by atoms with Crippen LogP contribution in [0.1, 0.15) is 34.6 Å². The van der Waals surface area contributed by atoms with Crippen molar-refractivity contribution >= 4 is 23.3 Å². The fourth-order valence-corrected chi connectivity index (χ4v) is 2.22. The van der Waals surface area contributed by atoms with Crippen LogP contribution < -0.4 is 10.1 Å². The second-order valence-corrected chi connectivity index (χ2v) is 5.13. The third kappa shape index (κ3) is 4.56. The Morgan fingerprint density at radius 2 is 1.85 bits per heavy atom. The van der Waals surface area contributed by atoms with E-state index in [-0.39, 0.29) is 30.2 Å². The van der Waals surface area contributed by atoms with Crippen molar-refractivity contribution in [2.24, 2.45) is 0 Å². The first kappa shape index (κ1) is 18.9. The minimum absolute atomic E-state index is 0.0957. The molecular weight excluding hydrogens is 340 g/mol. The number of hydrogen-bond acceptors (Lipinski definition) is 6. The van der Waals surface area contributed by atoms with E-state index < -0.39 is 16.8 Å². The van der Waals surface area contributed by atoms with Gasteiger partial charge in [0.1, 0.15) is 0 Å². The van der Waals surface area contributed by atoms with Crippen LogP contribution in [0.25, 0.3) is 0 Å². The van der Waals surface area contributed by atoms with Crippen LogP contribution in [0.5, 0.6) is 5.75 Å². The zero-order valence-electron chi connectivity index (χ0n) is 14.4. The summed E-state index contributed by atoms with van der Waals surface area (Å²) in [6.45, 7) is 3.92. The van der Waals surface area contributed by atoms with Crippen molar-refractivity contribution in [3.63, 3.8) is 0 Å². The number of nitro benzene ring substituents is 1. The average molecular weight is 358 g/mol. The second-order valence-electron chi connectivity index (χ2n) is 5.13. The van der Waals surface area contributed by atoms with E-state index in [4.69, 9.17) is 9.47 Å². The van der Waals surface area contributed by atoms with Crippen LogP contribution >= 0.6 is 0 Å². The SMILES string of the molecule is CCOC(=O)c1cccc(NC(=O)c2ccc(OCC)c([N+](=O)[O-])c2)c1. The third-order valence-electron chi connectivity index (χ3n) is 3.35. The standard InChI is InChI=1S/C18H18N2O6/c1-3-25-16-9-8-12(11-15(16)20(23)24)17(21)19-14-7-5-6-13(10-14)18(22)26-4-2/h5-11H,3-4H2,1-2H3,(H,19,21). The first-order chi connectivity index (χ1) is 12.5. The molecule has 0 bridgehead atoms. The lowest BCUT2D eigenvalue weighted by molar-refractivity contribution is -0.385. The van der Waals surface area contributed by atoms with Crippen molar-refractivity contribution in [1.82, 2.24) is 0 Å². The van der Waals surface area contributed by atoms with Crippen LogP contribution in [-0.4, -0.2) is 30.0 Å². The lowest BCUT2D eigenvalue weighted by atomic mass is 10.1. The molecule has 0 unspecified atom stereocenters. The van der Waals surface area contributed by atoms with Gasteiger partial charge in [-0.1, -0.05) is 6.07 Å². The number of anilines is 1. The average Bonchev–Trinajstić information content (AvgIpc) is 2.62. The highest BCUT2D eigenvalue weighted by atomic mass is 16.6. The molecule has 1 amide bonds. The predicted octanol–water partition coefficient (Wildman–Crippen LogP) is 3.42. The molecule has 0 atom stereocenters. The van der Waals surface area contributed by atoms with Gasteiger partial charge in [-0.05, 0) is 44.2 Å². The first-order valence-electron chi connectivity index (χ1n) is 7.96. The number of nitrogens with zero attached hydrogens (tertiary/aromatic N) is 1. The number of nitrogens with one attached hydrogen (secondary N) is 1. The summed E-state index contributed by atoms with van der Waals surface area (Å²) < 4.78 is 10.1. The molecule has 8 heteroatoms. The van der Waals surface area contributed by atoms with Crippen LogP contribution in [0.4, 0.5) is 11.4 Å². The van der Waals surface area contributed by atoms with Gasteiger partial charge in [0.2, 0.25) is 0 Å². The Bertz CT molecular complexity index is 834. The van der Waals surface area contributed by atoms with E-state index in [2.05, 4.69) is 5.32 Å². The lowest BCUT2D eigenvalue weighted by Gasteiger charge is -2.09. The van der Waals surface area contributed by atoms with Gasteiger partial charge in [-0.3, -0.25) is 14.9 Å². The van der Waals surface area contributed by atoms with Gasteiger partial charge in [0.25, 0.3) is 5.91 Å². The first-order valence-corrected chi connectivity index (χ1v) is 7.96. The van der Waals surface area contributed by atoms with E-state index in [0.29, 0.717) is 11.3 Å². The maximum Gasteiger partial charge on any atom is 0.338 e. The highest BCUT2D eigenvalue weighted by molar-refractivity contribution is 6.05. The molecule has 8 nitrogen and oxygen atoms in total. The molecule has 0 heterocycles. The van der Waals surface area contributed by atoms with Gasteiger partial charge in [0.15, 0.2) is 5.75 Å². The second kappa shape index (κ2) is 8.61. The number of amides is 1. The fourth-order valence-electron chi connectivity index (χ4n) is 2.22. The van der Waals surface area contributed by atoms with Crippen LogP contribution in [0.2, 0.25) is 0 Å². The summed E-state index contributed by atoms with van der Waals surface area (Å²) in [5, 5.41) is 13.8. The lowest BCUT2D eigenvalue weighted by Crippen LogP contribution is -2.13. The van der Waals surface area contributed by atoms with Crippen LogP contribution in [0, 0.1) is 10.1 Å². The van der Waals surface area contributed by atoms with E-state index in [1.165, 1.54) is 18.2 Å². The Morgan fingerprint density at radius 1 is 1.08 bits per heavy atom. The molecule has 2 aromatic rings. The minimum atomic E-state index is -0.608. The number of carbonyl (C=O) groups is 2. The highest BCUT2D eigenvalue weighted by Gasteiger charge is 2.19. The van der Waals surface area contributed by atoms with Crippen molar-refractivity contribution in [1.29, 1.82) is 0 Å². The molecule has 0 aliphatic heterocycles. The molecule has 0 aliphatic rings. The summed E-state index contributed by atoms with van der Waals surface area (Å²) in [6, 6.07) is 10.2. The Balaban J connectivity index is 2.22. The largest absolute Gasteiger partial charge is 0.487 e. The normalized spacial score (nSPS) is 10.1. The summed E-state index contributed by atoms with van der Waals surface area (Å²) in [4.78, 5) is 34.7. The molecule has 0 saturated carbocycles. The minimum Gasteiger partial charge on any atom is -0.487 e. The van der Waals surface area contributed by atoms with Crippen molar-refractivity contribution in [2.75, 3.05) is 18.5 Å². The topological polar surface area (TPSA) is 108 Å². The van der Waals surface area contributed by atoms with Gasteiger partial charge in [-0.25, -0.2) is 4.79 Å². The molecule has 136 valence electrons. The number of ether oxygens (including phenoxy) is 2. The molecule has 0 radical (unpaired) electrons. The van der Waals surface area contributed by atoms with Gasteiger partial charge in [-0.15, -0.1) is 0 Å². The van der Waals surface area contributed by atoms with Crippen molar-refractivity contribution in [2.45, 2.75) is 13.8 Å². The zero-order valence-corrected chi connectivity index (χ0v) is 14.4. The van der Waals surface area contributed by atoms with Gasteiger partial charge < -0.3 is 14.8 Å². The van der Waals surface area contributed by atoms with E-state index >= 15 is 0 Å². The third-order valence-corrected chi connectivity index (χ3v) is 3.35. The van der Waals surface area contributed by atoms with Crippen molar-refractivity contribution in [3.05, 3.63) is 63.7 Å². The number of benzene rings is 2. The van der Waals surface area contributed by atoms with Crippen molar-refractivity contribution in [3.8, 4) is 5.75 Å². The maximum atomic E-state index is 12.4. The predicted molar refractivity (Wildman–Crippen MR) is 94.6 cm³/mol. The molecule has 0 spiro atoms. The monoisotopic (exact) mass is 358 g/mol. The van der Waals surface area contributed by atoms with E-state index in [1.54, 1.807) is 32.0 Å². The molecule has 2 rings (SSSR count). The molecule has 0 aromatic heterocycles. The molecule has 26 heavy (non-hydrogen) atoms. The summed E-state index contributed by atoms with van der Waals surface area (Å²) in [5.41, 5.74) is 0.473. The van der Waals surface area contributed by atoms with Gasteiger partial charge in [-0.2, -0.15) is 0 Å². The number of carbonyl (C=O) groups excluding carboxylic acids is 2. The maximum absolute atomic E-state index is 12.4. The van der Waals surface area contributed by atoms with E-state index in [9.17, 15) is 19.7 Å². The Hall–Kier alpha value is -3.42. The number of esters is 1. The number of nitro groups is 1. The molecule has 1 N–H and O–H groups in total. The molecular formula is C18H18N2O6. The Kier molecular flexibility index (Phi) is 6.26. The van der Waals surface area contributed by atoms with E-state index in [0.717, 1.165) is 6.07 Å². The van der Waals surface area contributed by atoms with Crippen molar-refractivity contribution < 1.29 is 24.0 Å². The Morgan fingerprint density at radius 3 is 2.50 bits per heavy atom. The van der Waals surface area contributed by atoms with Crippen LogP contribution in [0.15, 0.2) is 42.5 Å². The van der Waals surface area contributed by atoms with Crippen LogP contribution in [0.3, 0.4) is 0 Å². The molecule has 0 fully saturated rings. The fraction of sp³-hybridized carbons (Fsp3) is 0.222. The summed E-state index contributed by atoms with van der Waals surface area (Å²) in [6.07, 6.45) is 0. The van der Waals surface area contributed by atoms with Gasteiger partial charge >= 0.3 is 11.7 Å².